The molecule has 0 saturated carbocycles. The quantitative estimate of drug-likeness (QED) is 0.0881. The lowest BCUT2D eigenvalue weighted by Gasteiger charge is -2.49. The lowest BCUT2D eigenvalue weighted by molar-refractivity contribution is -0.382. The van der Waals surface area contributed by atoms with Gasteiger partial charge in [0.25, 0.3) is 0 Å². The molecule has 4 saturated heterocycles. The highest BCUT2D eigenvalue weighted by atomic mass is 16.8. The maximum Gasteiger partial charge on any atom is 0.217 e. The lowest BCUT2D eigenvalue weighted by Crippen LogP contribution is -2.69. The van der Waals surface area contributed by atoms with Crippen LogP contribution in [0.3, 0.4) is 0 Å². The Balaban J connectivity index is 1.53. The predicted molar refractivity (Wildman–Crippen MR) is 157 cm³/mol. The fourth-order valence-corrected chi connectivity index (χ4v) is 6.35. The molecule has 296 valence electrons. The summed E-state index contributed by atoms with van der Waals surface area (Å²) in [5, 5.41) is 130. The van der Waals surface area contributed by atoms with Crippen molar-refractivity contribution in [3.63, 3.8) is 0 Å². The first-order valence-corrected chi connectivity index (χ1v) is 16.1. The monoisotopic (exact) mass is 748 g/mol. The summed E-state index contributed by atoms with van der Waals surface area (Å²) in [5.41, 5.74) is 0. The van der Waals surface area contributed by atoms with E-state index in [2.05, 4.69) is 10.6 Å². The van der Waals surface area contributed by atoms with Crippen molar-refractivity contribution in [1.29, 1.82) is 0 Å². The van der Waals surface area contributed by atoms with Crippen molar-refractivity contribution in [2.45, 2.75) is 137 Å². The van der Waals surface area contributed by atoms with Crippen molar-refractivity contribution in [1.82, 2.24) is 10.6 Å². The van der Waals surface area contributed by atoms with Gasteiger partial charge in [-0.25, -0.2) is 0 Å². The van der Waals surface area contributed by atoms with E-state index in [-0.39, 0.29) is 0 Å². The van der Waals surface area contributed by atoms with Gasteiger partial charge in [-0.1, -0.05) is 0 Å². The molecular weight excluding hydrogens is 700 g/mol. The summed E-state index contributed by atoms with van der Waals surface area (Å²) in [6.07, 6.45) is -31.6. The summed E-state index contributed by atoms with van der Waals surface area (Å²) in [6.45, 7) is -1.26. The summed E-state index contributed by atoms with van der Waals surface area (Å²) >= 11 is 0. The first kappa shape index (κ1) is 41.9. The molecule has 0 aromatic rings. The number of hydrogen-bond donors (Lipinski definition) is 14. The van der Waals surface area contributed by atoms with Crippen molar-refractivity contribution in [3.8, 4) is 0 Å². The van der Waals surface area contributed by atoms with Gasteiger partial charge >= 0.3 is 0 Å². The number of aliphatic hydroxyl groups excluding tert-OH is 12. The molecule has 0 unspecified atom stereocenters. The van der Waals surface area contributed by atoms with Gasteiger partial charge in [-0.15, -0.1) is 0 Å². The normalized spacial score (nSPS) is 47.8. The summed E-state index contributed by atoms with van der Waals surface area (Å²) in [5.74, 6) is -1.38. The highest BCUT2D eigenvalue weighted by Gasteiger charge is 2.55. The molecule has 4 heterocycles. The number of rotatable bonds is 12. The number of carbonyl (C=O) groups excluding carboxylic acids is 2. The zero-order chi connectivity index (χ0) is 37.9. The highest BCUT2D eigenvalue weighted by molar-refractivity contribution is 5.73. The third-order valence-corrected chi connectivity index (χ3v) is 9.01. The lowest BCUT2D eigenvalue weighted by atomic mass is 9.94. The van der Waals surface area contributed by atoms with Crippen molar-refractivity contribution in [2.75, 3.05) is 26.4 Å². The SMILES string of the molecule is CC(=O)N[C@@H]1[C@@H](O[C@@H]2O[C@H](CO)[C@@H](O[C@@H]3O[C@H](CO)[C@@H](O)[C@H](O[C@H]4O[C@H](CO)[C@H](O)[C@H](O)[C@H]4NC(C)=O)[C@@H]3O)[C@H](O)[C@@H]2O)[C@H](O)[C@@H](CO)O[C@@H]1O. The maximum absolute atomic E-state index is 11.8. The van der Waals surface area contributed by atoms with Gasteiger partial charge in [-0.3, -0.25) is 9.59 Å². The van der Waals surface area contributed by atoms with Crippen LogP contribution < -0.4 is 10.6 Å². The van der Waals surface area contributed by atoms with E-state index in [0.717, 1.165) is 13.8 Å². The van der Waals surface area contributed by atoms with E-state index in [0.29, 0.717) is 0 Å². The first-order valence-electron chi connectivity index (χ1n) is 16.1. The summed E-state index contributed by atoms with van der Waals surface area (Å²) in [6, 6.07) is -2.96. The van der Waals surface area contributed by atoms with Crippen LogP contribution in [0.4, 0.5) is 0 Å². The smallest absolute Gasteiger partial charge is 0.217 e. The molecule has 51 heavy (non-hydrogen) atoms. The molecule has 2 amide bonds. The van der Waals surface area contributed by atoms with Crippen LogP contribution in [0.15, 0.2) is 0 Å². The maximum atomic E-state index is 11.8. The molecule has 4 aliphatic rings. The van der Waals surface area contributed by atoms with Crippen LogP contribution in [0, 0.1) is 0 Å². The zero-order valence-electron chi connectivity index (χ0n) is 27.4. The average molecular weight is 749 g/mol. The van der Waals surface area contributed by atoms with Crippen LogP contribution in [0.25, 0.3) is 0 Å². The van der Waals surface area contributed by atoms with Crippen LogP contribution in [-0.4, -0.2) is 222 Å². The topological polar surface area (TPSA) is 366 Å². The minimum atomic E-state index is -2.06. The van der Waals surface area contributed by atoms with Gasteiger partial charge < -0.3 is 105 Å². The van der Waals surface area contributed by atoms with Gasteiger partial charge in [0, 0.05) is 13.8 Å². The molecular formula is C28H48N2O21. The summed E-state index contributed by atoms with van der Waals surface area (Å²) in [4.78, 5) is 23.6. The zero-order valence-corrected chi connectivity index (χ0v) is 27.4. The number of aliphatic hydroxyl groups is 12. The van der Waals surface area contributed by atoms with E-state index < -0.39 is 161 Å². The minimum Gasteiger partial charge on any atom is -0.394 e. The highest BCUT2D eigenvalue weighted by Crippen LogP contribution is 2.34. The molecule has 14 N–H and O–H groups in total. The van der Waals surface area contributed by atoms with Gasteiger partial charge in [0.15, 0.2) is 25.2 Å². The summed E-state index contributed by atoms with van der Waals surface area (Å²) < 4.78 is 38.9. The third-order valence-electron chi connectivity index (χ3n) is 9.01. The second-order valence-corrected chi connectivity index (χ2v) is 12.6. The standard InChI is InChI=1S/C28H48N2O21/c1-7(35)29-13-18(40)15(37)9(3-31)46-26(13)51-24-17(39)11(5-33)47-28(21(24)43)49-22-12(6-34)48-27(20(42)19(22)41)50-23-14(30-8(2)36)25(44)45-10(4-32)16(23)38/h9-28,31-34,37-44H,3-6H2,1-2H3,(H,29,35)(H,30,36)/t9-,10-,11-,12-,13-,14-,15+,16-,17-,18-,19-,20+,21+,22-,23-,24+,25+,26-,27+,28+/m1/s1. The molecule has 4 fully saturated rings. The fourth-order valence-electron chi connectivity index (χ4n) is 6.35. The number of nitrogens with one attached hydrogen (secondary N) is 2. The van der Waals surface area contributed by atoms with Gasteiger partial charge in [0.05, 0.1) is 26.4 Å². The molecule has 4 aliphatic heterocycles. The predicted octanol–water partition coefficient (Wildman–Crippen LogP) is -9.46. The van der Waals surface area contributed by atoms with E-state index in [9.17, 15) is 70.9 Å². The Morgan fingerprint density at radius 3 is 1.47 bits per heavy atom. The Kier molecular flexibility index (Phi) is 14.8. The molecule has 23 nitrogen and oxygen atoms in total. The van der Waals surface area contributed by atoms with Crippen molar-refractivity contribution < 1.29 is 104 Å². The molecule has 4 rings (SSSR count). The van der Waals surface area contributed by atoms with E-state index >= 15 is 0 Å². The van der Waals surface area contributed by atoms with Gasteiger partial charge in [0.2, 0.25) is 11.8 Å². The van der Waals surface area contributed by atoms with Gasteiger partial charge in [0.1, 0.15) is 97.5 Å². The van der Waals surface area contributed by atoms with Crippen LogP contribution in [0.1, 0.15) is 13.8 Å². The van der Waals surface area contributed by atoms with E-state index in [1.165, 1.54) is 0 Å². The van der Waals surface area contributed by atoms with Crippen LogP contribution >= 0.6 is 0 Å². The second kappa shape index (κ2) is 18.0. The Morgan fingerprint density at radius 1 is 0.471 bits per heavy atom. The molecule has 0 spiro atoms. The van der Waals surface area contributed by atoms with Crippen LogP contribution in [0.2, 0.25) is 0 Å². The van der Waals surface area contributed by atoms with Gasteiger partial charge in [-0.05, 0) is 0 Å². The van der Waals surface area contributed by atoms with Crippen LogP contribution in [-0.2, 0) is 42.7 Å². The number of carbonyl (C=O) groups is 2. The average Bonchev–Trinajstić information content (AvgIpc) is 3.09. The number of amides is 2. The minimum absolute atomic E-state index is 0.681. The number of ether oxygens (including phenoxy) is 7. The molecule has 20 atom stereocenters. The van der Waals surface area contributed by atoms with Crippen LogP contribution in [0.5, 0.6) is 0 Å². The molecule has 23 heteroatoms. The summed E-state index contributed by atoms with van der Waals surface area (Å²) in [7, 11) is 0. The van der Waals surface area contributed by atoms with Gasteiger partial charge in [-0.2, -0.15) is 0 Å². The Hall–Kier alpha value is -1.82. The van der Waals surface area contributed by atoms with Crippen molar-refractivity contribution in [2.24, 2.45) is 0 Å². The van der Waals surface area contributed by atoms with Crippen molar-refractivity contribution in [3.05, 3.63) is 0 Å². The third kappa shape index (κ3) is 9.11. The van der Waals surface area contributed by atoms with E-state index in [1.54, 1.807) is 0 Å². The fraction of sp³-hybridized carbons (Fsp3) is 0.929. The molecule has 0 aromatic heterocycles. The molecule has 0 aromatic carbocycles. The Morgan fingerprint density at radius 2 is 0.902 bits per heavy atom. The van der Waals surface area contributed by atoms with E-state index in [1.807, 2.05) is 0 Å². The first-order chi connectivity index (χ1) is 24.1. The van der Waals surface area contributed by atoms with Crippen molar-refractivity contribution >= 4 is 11.8 Å². The number of hydrogen-bond acceptors (Lipinski definition) is 21. The molecule has 0 aliphatic carbocycles. The second-order valence-electron chi connectivity index (χ2n) is 12.6. The Labute approximate surface area is 289 Å². The largest absolute Gasteiger partial charge is 0.394 e. The Bertz CT molecular complexity index is 1140. The molecule has 0 radical (unpaired) electrons. The van der Waals surface area contributed by atoms with E-state index in [4.69, 9.17) is 33.2 Å². The molecule has 0 bridgehead atoms.